The molecule has 2 heteroatoms. The second-order valence-electron chi connectivity index (χ2n) is 6.41. The fraction of sp³-hybridized carbons (Fsp3) is 1.00. The van der Waals surface area contributed by atoms with E-state index in [0.29, 0.717) is 6.04 Å². The van der Waals surface area contributed by atoms with Crippen LogP contribution < -0.4 is 5.84 Å². The summed E-state index contributed by atoms with van der Waals surface area (Å²) in [6.45, 7) is 2.33. The maximum Gasteiger partial charge on any atom is 0.0243 e. The molecule has 4 bridgehead atoms. The minimum absolute atomic E-state index is 0.583. The van der Waals surface area contributed by atoms with E-state index in [1.807, 2.05) is 12.1 Å². The van der Waals surface area contributed by atoms with Crippen molar-refractivity contribution in [2.75, 3.05) is 7.05 Å². The molecule has 4 rings (SSSR count). The van der Waals surface area contributed by atoms with Gasteiger partial charge in [-0.25, -0.2) is 5.01 Å². The molecule has 1 atom stereocenters. The third kappa shape index (κ3) is 1.53. The zero-order valence-corrected chi connectivity index (χ0v) is 10.0. The molecule has 2 nitrogen and oxygen atoms in total. The van der Waals surface area contributed by atoms with Crippen molar-refractivity contribution in [1.29, 1.82) is 0 Å². The lowest BCUT2D eigenvalue weighted by Crippen LogP contribution is -2.53. The molecule has 4 aliphatic rings. The minimum atomic E-state index is 0.583. The normalized spacial score (nSPS) is 50.0. The van der Waals surface area contributed by atoms with Crippen molar-refractivity contribution in [3.05, 3.63) is 0 Å². The van der Waals surface area contributed by atoms with E-state index < -0.39 is 0 Å². The summed E-state index contributed by atoms with van der Waals surface area (Å²) in [6.07, 6.45) is 7.59. The molecule has 0 aromatic rings. The Kier molecular flexibility index (Phi) is 2.33. The van der Waals surface area contributed by atoms with Gasteiger partial charge in [0.15, 0.2) is 0 Å². The smallest absolute Gasteiger partial charge is 0.0243 e. The van der Waals surface area contributed by atoms with Gasteiger partial charge in [0, 0.05) is 13.1 Å². The standard InChI is InChI=1S/C13H24N2/c1-8(15(2)14)13-11-4-9-3-10(6-11)7-12(13)5-9/h8-13H,3-7,14H2,1-2H3. The van der Waals surface area contributed by atoms with Crippen LogP contribution in [0.3, 0.4) is 0 Å². The van der Waals surface area contributed by atoms with Crippen molar-refractivity contribution in [3.63, 3.8) is 0 Å². The summed E-state index contributed by atoms with van der Waals surface area (Å²) in [5, 5.41) is 1.95. The summed E-state index contributed by atoms with van der Waals surface area (Å²) >= 11 is 0. The van der Waals surface area contributed by atoms with Gasteiger partial charge >= 0.3 is 0 Å². The van der Waals surface area contributed by atoms with Crippen LogP contribution in [0.15, 0.2) is 0 Å². The van der Waals surface area contributed by atoms with Crippen molar-refractivity contribution in [3.8, 4) is 0 Å². The number of hydrazine groups is 1. The zero-order chi connectivity index (χ0) is 10.6. The minimum Gasteiger partial charge on any atom is -0.269 e. The molecule has 15 heavy (non-hydrogen) atoms. The highest BCUT2D eigenvalue weighted by Crippen LogP contribution is 2.57. The molecule has 0 spiro atoms. The molecule has 0 radical (unpaired) electrons. The predicted octanol–water partition coefficient (Wildman–Crippen LogP) is 2.25. The Morgan fingerprint density at radius 2 is 1.47 bits per heavy atom. The van der Waals surface area contributed by atoms with Gasteiger partial charge in [-0.05, 0) is 68.6 Å². The Morgan fingerprint density at radius 3 is 1.87 bits per heavy atom. The van der Waals surface area contributed by atoms with Crippen molar-refractivity contribution in [2.24, 2.45) is 35.4 Å². The summed E-state index contributed by atoms with van der Waals surface area (Å²) in [5.41, 5.74) is 0. The van der Waals surface area contributed by atoms with Gasteiger partial charge in [0.2, 0.25) is 0 Å². The molecular formula is C13H24N2. The van der Waals surface area contributed by atoms with Gasteiger partial charge < -0.3 is 0 Å². The zero-order valence-electron chi connectivity index (χ0n) is 10.0. The summed E-state index contributed by atoms with van der Waals surface area (Å²) in [6, 6.07) is 0.583. The molecule has 4 fully saturated rings. The van der Waals surface area contributed by atoms with E-state index in [0.717, 1.165) is 29.6 Å². The average molecular weight is 208 g/mol. The molecule has 0 saturated heterocycles. The van der Waals surface area contributed by atoms with E-state index in [1.165, 1.54) is 25.7 Å². The SMILES string of the molecule is CC(C1C2CC3CC(C2)CC1C3)N(C)N. The number of hydrogen-bond acceptors (Lipinski definition) is 2. The molecule has 1 unspecified atom stereocenters. The monoisotopic (exact) mass is 208 g/mol. The quantitative estimate of drug-likeness (QED) is 0.557. The molecule has 86 valence electrons. The topological polar surface area (TPSA) is 29.3 Å². The Morgan fingerprint density at radius 1 is 1.00 bits per heavy atom. The van der Waals surface area contributed by atoms with Crippen LogP contribution in [-0.2, 0) is 0 Å². The van der Waals surface area contributed by atoms with Crippen molar-refractivity contribution in [1.82, 2.24) is 5.01 Å². The van der Waals surface area contributed by atoms with Crippen LogP contribution in [0.1, 0.15) is 39.0 Å². The first-order valence-electron chi connectivity index (χ1n) is 6.62. The van der Waals surface area contributed by atoms with Gasteiger partial charge in [-0.1, -0.05) is 0 Å². The molecule has 0 aliphatic heterocycles. The number of nitrogens with two attached hydrogens (primary N) is 1. The second kappa shape index (κ2) is 3.46. The predicted molar refractivity (Wildman–Crippen MR) is 61.9 cm³/mol. The first kappa shape index (κ1) is 10.1. The Bertz CT molecular complexity index is 221. The largest absolute Gasteiger partial charge is 0.269 e. The highest BCUT2D eigenvalue weighted by atomic mass is 15.4. The lowest BCUT2D eigenvalue weighted by atomic mass is 9.50. The van der Waals surface area contributed by atoms with Gasteiger partial charge in [0.1, 0.15) is 0 Å². The summed E-state index contributed by atoms with van der Waals surface area (Å²) in [5.74, 6) is 11.0. The fourth-order valence-corrected chi connectivity index (χ4v) is 5.03. The first-order chi connectivity index (χ1) is 7.15. The van der Waals surface area contributed by atoms with Gasteiger partial charge in [-0.3, -0.25) is 5.84 Å². The van der Waals surface area contributed by atoms with Crippen molar-refractivity contribution < 1.29 is 0 Å². The van der Waals surface area contributed by atoms with Gasteiger partial charge in [0.25, 0.3) is 0 Å². The summed E-state index contributed by atoms with van der Waals surface area (Å²) in [4.78, 5) is 0. The Labute approximate surface area is 93.2 Å². The molecular weight excluding hydrogens is 184 g/mol. The fourth-order valence-electron chi connectivity index (χ4n) is 5.03. The van der Waals surface area contributed by atoms with Crippen LogP contribution in [-0.4, -0.2) is 18.1 Å². The van der Waals surface area contributed by atoms with Crippen LogP contribution in [0.5, 0.6) is 0 Å². The number of nitrogens with zero attached hydrogens (tertiary/aromatic N) is 1. The van der Waals surface area contributed by atoms with Crippen LogP contribution in [0, 0.1) is 29.6 Å². The molecule has 0 aromatic heterocycles. The highest BCUT2D eigenvalue weighted by molar-refractivity contribution is 5.00. The lowest BCUT2D eigenvalue weighted by Gasteiger charge is -2.56. The molecule has 0 aromatic carbocycles. The number of rotatable bonds is 2. The van der Waals surface area contributed by atoms with E-state index in [1.54, 1.807) is 6.42 Å². The highest BCUT2D eigenvalue weighted by Gasteiger charge is 2.49. The molecule has 4 aliphatic carbocycles. The van der Waals surface area contributed by atoms with Gasteiger partial charge in [-0.15, -0.1) is 0 Å². The molecule has 2 N–H and O–H groups in total. The Hall–Kier alpha value is -0.0800. The summed E-state index contributed by atoms with van der Waals surface area (Å²) < 4.78 is 0. The maximum absolute atomic E-state index is 5.95. The van der Waals surface area contributed by atoms with E-state index in [2.05, 4.69) is 6.92 Å². The third-order valence-corrected chi connectivity index (χ3v) is 5.50. The lowest BCUT2D eigenvalue weighted by molar-refractivity contribution is -0.0670. The van der Waals surface area contributed by atoms with Crippen LogP contribution in [0.25, 0.3) is 0 Å². The molecule has 4 saturated carbocycles. The maximum atomic E-state index is 5.95. The van der Waals surface area contributed by atoms with Crippen molar-refractivity contribution in [2.45, 2.75) is 45.1 Å². The molecule has 0 amide bonds. The molecule has 0 heterocycles. The van der Waals surface area contributed by atoms with Crippen LogP contribution >= 0.6 is 0 Å². The van der Waals surface area contributed by atoms with E-state index >= 15 is 0 Å². The number of hydrogen-bond donors (Lipinski definition) is 1. The van der Waals surface area contributed by atoms with Crippen molar-refractivity contribution >= 4 is 0 Å². The first-order valence-corrected chi connectivity index (χ1v) is 6.62. The Balaban J connectivity index is 1.80. The van der Waals surface area contributed by atoms with Crippen LogP contribution in [0.4, 0.5) is 0 Å². The average Bonchev–Trinajstić information content (AvgIpc) is 2.15. The van der Waals surface area contributed by atoms with E-state index in [9.17, 15) is 0 Å². The van der Waals surface area contributed by atoms with E-state index in [-0.39, 0.29) is 0 Å². The summed E-state index contributed by atoms with van der Waals surface area (Å²) in [7, 11) is 2.04. The van der Waals surface area contributed by atoms with Gasteiger partial charge in [0.05, 0.1) is 0 Å². The second-order valence-corrected chi connectivity index (χ2v) is 6.41. The third-order valence-electron chi connectivity index (χ3n) is 5.50. The van der Waals surface area contributed by atoms with Gasteiger partial charge in [-0.2, -0.15) is 0 Å². The van der Waals surface area contributed by atoms with Crippen LogP contribution in [0.2, 0.25) is 0 Å². The van der Waals surface area contributed by atoms with E-state index in [4.69, 9.17) is 5.84 Å².